The van der Waals surface area contributed by atoms with Crippen molar-refractivity contribution in [1.82, 2.24) is 24.9 Å². The van der Waals surface area contributed by atoms with Crippen molar-refractivity contribution < 1.29 is 4.79 Å². The van der Waals surface area contributed by atoms with Gasteiger partial charge in [0.05, 0.1) is 34.4 Å². The Balaban J connectivity index is 1.68. The van der Waals surface area contributed by atoms with E-state index in [1.807, 2.05) is 13.8 Å². The Hall–Kier alpha value is -1.53. The third-order valence-corrected chi connectivity index (χ3v) is 3.83. The third-order valence-electron chi connectivity index (χ3n) is 3.26. The average molecular weight is 344 g/mol. The molecule has 1 N–H and O–H groups in total. The summed E-state index contributed by atoms with van der Waals surface area (Å²) in [6.07, 6.45) is 5.85. The van der Waals surface area contributed by atoms with Gasteiger partial charge in [-0.2, -0.15) is 10.2 Å². The van der Waals surface area contributed by atoms with Gasteiger partial charge >= 0.3 is 0 Å². The molecular formula is C14H19Cl2N5O. The molecule has 1 unspecified atom stereocenters. The molecule has 2 heterocycles. The van der Waals surface area contributed by atoms with Crippen molar-refractivity contribution in [2.75, 3.05) is 6.54 Å². The Labute approximate surface area is 139 Å². The van der Waals surface area contributed by atoms with Gasteiger partial charge in [0.15, 0.2) is 0 Å². The number of nitrogens with one attached hydrogen (secondary N) is 1. The van der Waals surface area contributed by atoms with Crippen molar-refractivity contribution in [3.8, 4) is 0 Å². The van der Waals surface area contributed by atoms with E-state index in [9.17, 15) is 4.79 Å². The Morgan fingerprint density at radius 1 is 1.36 bits per heavy atom. The molecule has 1 atom stereocenters. The molecule has 0 fully saturated rings. The lowest BCUT2D eigenvalue weighted by molar-refractivity contribution is -0.124. The van der Waals surface area contributed by atoms with Crippen LogP contribution in [0, 0.1) is 12.8 Å². The molecule has 22 heavy (non-hydrogen) atoms. The second-order valence-electron chi connectivity index (χ2n) is 5.25. The zero-order valence-electron chi connectivity index (χ0n) is 12.6. The van der Waals surface area contributed by atoms with Crippen molar-refractivity contribution in [2.24, 2.45) is 5.92 Å². The summed E-state index contributed by atoms with van der Waals surface area (Å²) in [7, 11) is 0. The lowest BCUT2D eigenvalue weighted by atomic mass is 10.1. The number of nitrogens with zero attached hydrogens (tertiary/aromatic N) is 4. The molecule has 2 rings (SSSR count). The van der Waals surface area contributed by atoms with Crippen LogP contribution in [0.1, 0.15) is 19.0 Å². The Morgan fingerprint density at radius 2 is 2.14 bits per heavy atom. The standard InChI is InChI=1S/C14H19Cl2N5O/c1-10(7-21-8-12(15)6-18-21)14(22)17-4-3-5-20-9-13(16)11(2)19-20/h6,8-10H,3-5,7H2,1-2H3,(H,17,22). The topological polar surface area (TPSA) is 64.7 Å². The van der Waals surface area contributed by atoms with Gasteiger partial charge in [0.2, 0.25) is 5.91 Å². The fourth-order valence-electron chi connectivity index (χ4n) is 2.04. The summed E-state index contributed by atoms with van der Waals surface area (Å²) in [4.78, 5) is 12.0. The van der Waals surface area contributed by atoms with Gasteiger partial charge in [-0.25, -0.2) is 0 Å². The van der Waals surface area contributed by atoms with Gasteiger partial charge in [0.25, 0.3) is 0 Å². The summed E-state index contributed by atoms with van der Waals surface area (Å²) in [5, 5.41) is 12.5. The van der Waals surface area contributed by atoms with Crippen LogP contribution in [-0.2, 0) is 17.9 Å². The molecule has 0 spiro atoms. The highest BCUT2D eigenvalue weighted by molar-refractivity contribution is 6.31. The number of hydrogen-bond acceptors (Lipinski definition) is 3. The first-order valence-electron chi connectivity index (χ1n) is 7.11. The molecule has 120 valence electrons. The van der Waals surface area contributed by atoms with Crippen molar-refractivity contribution in [3.63, 3.8) is 0 Å². The molecule has 2 aromatic rings. The summed E-state index contributed by atoms with van der Waals surface area (Å²) >= 11 is 11.7. The van der Waals surface area contributed by atoms with E-state index in [0.717, 1.165) is 18.7 Å². The van der Waals surface area contributed by atoms with Gasteiger partial charge in [0, 0.05) is 25.5 Å². The second-order valence-corrected chi connectivity index (χ2v) is 6.10. The van der Waals surface area contributed by atoms with E-state index in [-0.39, 0.29) is 11.8 Å². The van der Waals surface area contributed by atoms with Crippen LogP contribution in [0.2, 0.25) is 10.0 Å². The normalized spacial score (nSPS) is 12.4. The number of carbonyl (C=O) groups is 1. The van der Waals surface area contributed by atoms with Crippen molar-refractivity contribution in [3.05, 3.63) is 34.3 Å². The van der Waals surface area contributed by atoms with Gasteiger partial charge < -0.3 is 5.32 Å². The number of hydrogen-bond donors (Lipinski definition) is 1. The minimum Gasteiger partial charge on any atom is -0.356 e. The molecule has 0 aliphatic heterocycles. The van der Waals surface area contributed by atoms with Crippen LogP contribution in [0.25, 0.3) is 0 Å². The van der Waals surface area contributed by atoms with Crippen LogP contribution < -0.4 is 5.32 Å². The zero-order valence-corrected chi connectivity index (χ0v) is 14.1. The molecule has 0 aliphatic rings. The van der Waals surface area contributed by atoms with Crippen LogP contribution in [0.5, 0.6) is 0 Å². The Bertz CT molecular complexity index is 617. The van der Waals surface area contributed by atoms with Crippen molar-refractivity contribution >= 4 is 29.1 Å². The molecule has 0 aliphatic carbocycles. The van der Waals surface area contributed by atoms with Gasteiger partial charge in [-0.3, -0.25) is 14.2 Å². The summed E-state index contributed by atoms with van der Waals surface area (Å²) in [5.74, 6) is -0.168. The zero-order chi connectivity index (χ0) is 16.1. The lowest BCUT2D eigenvalue weighted by Gasteiger charge is -2.12. The van der Waals surface area contributed by atoms with Gasteiger partial charge in [-0.05, 0) is 13.3 Å². The van der Waals surface area contributed by atoms with Gasteiger partial charge in [0.1, 0.15) is 0 Å². The number of halogens is 2. The number of rotatable bonds is 7. The fraction of sp³-hybridized carbons (Fsp3) is 0.500. The summed E-state index contributed by atoms with van der Waals surface area (Å²) < 4.78 is 3.46. The van der Waals surface area contributed by atoms with Crippen LogP contribution in [-0.4, -0.2) is 32.0 Å². The van der Waals surface area contributed by atoms with Crippen LogP contribution in [0.15, 0.2) is 18.6 Å². The minimum absolute atomic E-state index is 0.00120. The first-order valence-corrected chi connectivity index (χ1v) is 7.86. The second kappa shape index (κ2) is 7.65. The maximum Gasteiger partial charge on any atom is 0.224 e. The molecule has 0 saturated carbocycles. The molecule has 6 nitrogen and oxygen atoms in total. The Kier molecular flexibility index (Phi) is 5.85. The highest BCUT2D eigenvalue weighted by Gasteiger charge is 2.13. The monoisotopic (exact) mass is 343 g/mol. The summed E-state index contributed by atoms with van der Waals surface area (Å²) in [6, 6.07) is 0. The van der Waals surface area contributed by atoms with E-state index in [1.54, 1.807) is 28.0 Å². The number of carbonyl (C=O) groups excluding carboxylic acids is 1. The van der Waals surface area contributed by atoms with E-state index in [1.165, 1.54) is 0 Å². The van der Waals surface area contributed by atoms with Gasteiger partial charge in [-0.15, -0.1) is 0 Å². The Morgan fingerprint density at radius 3 is 2.73 bits per heavy atom. The third kappa shape index (κ3) is 4.74. The smallest absolute Gasteiger partial charge is 0.224 e. The van der Waals surface area contributed by atoms with Gasteiger partial charge in [-0.1, -0.05) is 30.1 Å². The molecule has 0 saturated heterocycles. The maximum absolute atomic E-state index is 12.0. The maximum atomic E-state index is 12.0. The van der Waals surface area contributed by atoms with E-state index in [4.69, 9.17) is 23.2 Å². The molecule has 0 bridgehead atoms. The molecule has 0 radical (unpaired) electrons. The molecule has 8 heteroatoms. The highest BCUT2D eigenvalue weighted by Crippen LogP contribution is 2.12. The number of amides is 1. The van der Waals surface area contributed by atoms with E-state index in [2.05, 4.69) is 15.5 Å². The highest BCUT2D eigenvalue weighted by atomic mass is 35.5. The molecular weight excluding hydrogens is 325 g/mol. The van der Waals surface area contributed by atoms with Crippen LogP contribution in [0.4, 0.5) is 0 Å². The minimum atomic E-state index is -0.169. The van der Waals surface area contributed by atoms with Crippen molar-refractivity contribution in [1.29, 1.82) is 0 Å². The molecule has 1 amide bonds. The van der Waals surface area contributed by atoms with E-state index >= 15 is 0 Å². The largest absolute Gasteiger partial charge is 0.356 e. The predicted molar refractivity (Wildman–Crippen MR) is 86.0 cm³/mol. The number of aryl methyl sites for hydroxylation is 2. The van der Waals surface area contributed by atoms with E-state index in [0.29, 0.717) is 23.1 Å². The summed E-state index contributed by atoms with van der Waals surface area (Å²) in [5.41, 5.74) is 0.817. The quantitative estimate of drug-likeness (QED) is 0.785. The van der Waals surface area contributed by atoms with E-state index < -0.39 is 0 Å². The SMILES string of the molecule is Cc1nn(CCCNC(=O)C(C)Cn2cc(Cl)cn2)cc1Cl. The molecule has 2 aromatic heterocycles. The fourth-order valence-corrected chi connectivity index (χ4v) is 2.34. The number of aromatic nitrogens is 4. The first-order chi connectivity index (χ1) is 10.5. The first kappa shape index (κ1) is 16.8. The van der Waals surface area contributed by atoms with Crippen LogP contribution in [0.3, 0.4) is 0 Å². The summed E-state index contributed by atoms with van der Waals surface area (Å²) in [6.45, 7) is 5.55. The predicted octanol–water partition coefficient (Wildman–Crippen LogP) is 2.54. The average Bonchev–Trinajstić information content (AvgIpc) is 3.01. The van der Waals surface area contributed by atoms with Crippen molar-refractivity contribution in [2.45, 2.75) is 33.4 Å². The molecule has 0 aromatic carbocycles. The lowest BCUT2D eigenvalue weighted by Crippen LogP contribution is -2.32. The van der Waals surface area contributed by atoms with Crippen LogP contribution >= 0.6 is 23.2 Å².